The van der Waals surface area contributed by atoms with Gasteiger partial charge in [0.15, 0.2) is 10.8 Å². The van der Waals surface area contributed by atoms with Gasteiger partial charge in [-0.3, -0.25) is 14.5 Å². The molecule has 0 radical (unpaired) electrons. The number of thioether (sulfide) groups is 2. The molecule has 0 bridgehead atoms. The number of carboxylic acid groups (broad SMARTS) is 1. The molecule has 5 N–H and O–H groups in total. The molecular formula is C18H21N5O6S3. The van der Waals surface area contributed by atoms with E-state index in [1.165, 1.54) is 33.8 Å². The first kappa shape index (κ1) is 22.9. The second kappa shape index (κ2) is 9.68. The minimum atomic E-state index is -1.17. The van der Waals surface area contributed by atoms with Crippen LogP contribution < -0.4 is 11.1 Å². The number of oxime groups is 1. The van der Waals surface area contributed by atoms with Crippen LogP contribution in [0.1, 0.15) is 18.5 Å². The molecule has 3 aliphatic rings. The molecule has 3 aliphatic heterocycles. The van der Waals surface area contributed by atoms with Gasteiger partial charge in [0.2, 0.25) is 0 Å². The van der Waals surface area contributed by atoms with Crippen molar-refractivity contribution in [1.82, 2.24) is 15.2 Å². The monoisotopic (exact) mass is 499 g/mol. The lowest BCUT2D eigenvalue weighted by Gasteiger charge is -2.49. The first-order valence-electron chi connectivity index (χ1n) is 9.76. The van der Waals surface area contributed by atoms with Crippen LogP contribution in [0.5, 0.6) is 0 Å². The third-order valence-corrected chi connectivity index (χ3v) is 8.80. The molecule has 4 rings (SSSR count). The van der Waals surface area contributed by atoms with Crippen LogP contribution in [0.4, 0.5) is 5.13 Å². The Bertz CT molecular complexity index is 990. The summed E-state index contributed by atoms with van der Waals surface area (Å²) in [5, 5.41) is 25.6. The molecule has 1 aromatic heterocycles. The minimum Gasteiger partial charge on any atom is -0.477 e. The number of hydrogen-bond acceptors (Lipinski definition) is 11. The first-order valence-corrected chi connectivity index (χ1v) is 12.7. The van der Waals surface area contributed by atoms with E-state index in [-0.39, 0.29) is 22.2 Å². The maximum absolute atomic E-state index is 12.8. The molecule has 2 saturated heterocycles. The number of carbonyl (C=O) groups excluding carboxylic acids is 2. The molecule has 2 amide bonds. The molecule has 2 atom stereocenters. The number of rotatable bonds is 7. The predicted octanol–water partition coefficient (Wildman–Crippen LogP) is 0.760. The number of fused-ring (bicyclic) bond motifs is 1. The molecule has 172 valence electrons. The Morgan fingerprint density at radius 3 is 2.78 bits per heavy atom. The van der Waals surface area contributed by atoms with E-state index >= 15 is 0 Å². The quantitative estimate of drug-likeness (QED) is 0.182. The lowest BCUT2D eigenvalue weighted by molar-refractivity contribution is -0.150. The highest BCUT2D eigenvalue weighted by Crippen LogP contribution is 2.44. The summed E-state index contributed by atoms with van der Waals surface area (Å²) in [5.41, 5.74) is 5.25. The average molecular weight is 500 g/mol. The number of aromatic nitrogens is 1. The predicted molar refractivity (Wildman–Crippen MR) is 121 cm³/mol. The zero-order chi connectivity index (χ0) is 22.8. The normalized spacial score (nSPS) is 24.2. The molecule has 0 spiro atoms. The van der Waals surface area contributed by atoms with Gasteiger partial charge in [-0.2, -0.15) is 0 Å². The van der Waals surface area contributed by atoms with E-state index in [9.17, 15) is 24.7 Å². The molecular weight excluding hydrogens is 478 g/mol. The number of nitrogen functional groups attached to an aromatic ring is 1. The van der Waals surface area contributed by atoms with Crippen molar-refractivity contribution in [3.05, 3.63) is 21.7 Å². The van der Waals surface area contributed by atoms with Crippen molar-refractivity contribution in [3.8, 4) is 0 Å². The third kappa shape index (κ3) is 4.44. The molecule has 4 heterocycles. The van der Waals surface area contributed by atoms with Crippen LogP contribution >= 0.6 is 34.9 Å². The number of ether oxygens (including phenoxy) is 1. The molecule has 1 aromatic rings. The Kier molecular flexibility index (Phi) is 6.93. The molecule has 32 heavy (non-hydrogen) atoms. The van der Waals surface area contributed by atoms with Gasteiger partial charge in [-0.15, -0.1) is 34.9 Å². The van der Waals surface area contributed by atoms with Crippen molar-refractivity contribution in [1.29, 1.82) is 0 Å². The van der Waals surface area contributed by atoms with E-state index in [0.717, 1.165) is 29.9 Å². The summed E-state index contributed by atoms with van der Waals surface area (Å²) in [6.45, 7) is 1.43. The number of carbonyl (C=O) groups is 3. The number of thiazole rings is 1. The summed E-state index contributed by atoms with van der Waals surface area (Å²) in [4.78, 5) is 43.1. The van der Waals surface area contributed by atoms with E-state index in [4.69, 9.17) is 10.5 Å². The summed E-state index contributed by atoms with van der Waals surface area (Å²) in [7, 11) is 0. The second-order valence-corrected chi connectivity index (χ2v) is 10.4. The van der Waals surface area contributed by atoms with Gasteiger partial charge in [-0.1, -0.05) is 5.16 Å². The van der Waals surface area contributed by atoms with Crippen molar-refractivity contribution in [2.24, 2.45) is 11.1 Å². The van der Waals surface area contributed by atoms with Crippen LogP contribution in [0.15, 0.2) is 21.1 Å². The van der Waals surface area contributed by atoms with E-state index in [1.54, 1.807) is 0 Å². The second-order valence-electron chi connectivity index (χ2n) is 7.32. The fourth-order valence-corrected chi connectivity index (χ4v) is 7.02. The number of hydrogen-bond donors (Lipinski definition) is 4. The third-order valence-electron chi connectivity index (χ3n) is 5.34. The van der Waals surface area contributed by atoms with Crippen LogP contribution in [0.3, 0.4) is 0 Å². The lowest BCUT2D eigenvalue weighted by Crippen LogP contribution is -2.71. The van der Waals surface area contributed by atoms with Crippen molar-refractivity contribution in [2.45, 2.75) is 24.3 Å². The topological polar surface area (TPSA) is 167 Å². The van der Waals surface area contributed by atoms with Gasteiger partial charge in [-0.25, -0.2) is 9.78 Å². The number of aliphatic carboxylic acids is 1. The number of nitrogens with one attached hydrogen (secondary N) is 1. The summed E-state index contributed by atoms with van der Waals surface area (Å²) in [5.74, 6) is -0.827. The van der Waals surface area contributed by atoms with E-state index in [0.29, 0.717) is 29.8 Å². The Hall–Kier alpha value is -2.29. The van der Waals surface area contributed by atoms with Gasteiger partial charge in [-0.05, 0) is 18.8 Å². The van der Waals surface area contributed by atoms with E-state index in [1.807, 2.05) is 0 Å². The molecule has 11 nitrogen and oxygen atoms in total. The Morgan fingerprint density at radius 1 is 1.41 bits per heavy atom. The first-order chi connectivity index (χ1) is 15.4. The number of β-lactam (4-membered cyclic amide) rings is 1. The zero-order valence-corrected chi connectivity index (χ0v) is 19.2. The van der Waals surface area contributed by atoms with Crippen molar-refractivity contribution in [2.75, 3.05) is 30.5 Å². The van der Waals surface area contributed by atoms with Crippen LogP contribution in [0, 0.1) is 5.92 Å². The Labute approximate surface area is 195 Å². The molecule has 14 heteroatoms. The summed E-state index contributed by atoms with van der Waals surface area (Å²) in [6.07, 6.45) is 1.88. The van der Waals surface area contributed by atoms with E-state index in [2.05, 4.69) is 15.5 Å². The Morgan fingerprint density at radius 2 is 2.16 bits per heavy atom. The SMILES string of the molecule is Nc1nc(/C(=N/O)C(=O)NC2C(=O)N3C(C(=O)O)=C(SCC4CCOCC4)CS[C@@H]23)cs1. The van der Waals surface area contributed by atoms with Crippen molar-refractivity contribution in [3.63, 3.8) is 0 Å². The highest BCUT2D eigenvalue weighted by atomic mass is 32.2. The highest BCUT2D eigenvalue weighted by Gasteiger charge is 2.54. The van der Waals surface area contributed by atoms with Crippen LogP contribution in [-0.2, 0) is 19.1 Å². The van der Waals surface area contributed by atoms with Crippen molar-refractivity contribution < 1.29 is 29.4 Å². The number of nitrogens with zero attached hydrogens (tertiary/aromatic N) is 3. The fraction of sp³-hybridized carbons (Fsp3) is 0.500. The summed E-state index contributed by atoms with van der Waals surface area (Å²) in [6, 6.07) is -0.934. The summed E-state index contributed by atoms with van der Waals surface area (Å²) >= 11 is 3.94. The smallest absolute Gasteiger partial charge is 0.353 e. The molecule has 0 aromatic carbocycles. The van der Waals surface area contributed by atoms with Crippen molar-refractivity contribution >= 4 is 63.5 Å². The Balaban J connectivity index is 1.44. The van der Waals surface area contributed by atoms with Gasteiger partial charge in [0, 0.05) is 35.0 Å². The highest BCUT2D eigenvalue weighted by molar-refractivity contribution is 8.06. The van der Waals surface area contributed by atoms with E-state index < -0.39 is 29.2 Å². The fourth-order valence-electron chi connectivity index (χ4n) is 3.65. The number of nitrogens with two attached hydrogens (primary N) is 1. The number of anilines is 1. The maximum Gasteiger partial charge on any atom is 0.353 e. The van der Waals surface area contributed by atoms with Gasteiger partial charge < -0.3 is 26.1 Å². The average Bonchev–Trinajstić information content (AvgIpc) is 3.22. The number of amides is 2. The van der Waals surface area contributed by atoms with Gasteiger partial charge in [0.1, 0.15) is 22.8 Å². The minimum absolute atomic E-state index is 0.0235. The largest absolute Gasteiger partial charge is 0.477 e. The zero-order valence-electron chi connectivity index (χ0n) is 16.7. The molecule has 0 aliphatic carbocycles. The van der Waals surface area contributed by atoms with Crippen LogP contribution in [0.2, 0.25) is 0 Å². The maximum atomic E-state index is 12.8. The molecule has 1 unspecified atom stereocenters. The van der Waals surface area contributed by atoms with Gasteiger partial charge in [0.05, 0.1) is 0 Å². The molecule has 0 saturated carbocycles. The molecule has 2 fully saturated rings. The summed E-state index contributed by atoms with van der Waals surface area (Å²) < 4.78 is 5.36. The lowest BCUT2D eigenvalue weighted by atomic mass is 10.0. The van der Waals surface area contributed by atoms with Gasteiger partial charge in [0.25, 0.3) is 11.8 Å². The van der Waals surface area contributed by atoms with Crippen LogP contribution in [0.25, 0.3) is 0 Å². The van der Waals surface area contributed by atoms with Gasteiger partial charge >= 0.3 is 5.97 Å². The van der Waals surface area contributed by atoms with Crippen LogP contribution in [-0.4, -0.2) is 79.8 Å². The standard InChI is InChI=1S/C18H21N5O6S3/c19-18-20-9(6-32-18)11(22-28)14(24)21-12-15(25)23-13(17(26)27)10(7-31-16(12)23)30-5-8-1-3-29-4-2-8/h6,8,12,16,28H,1-5,7H2,(H2,19,20)(H,21,24)(H,26,27)/b22-11-/t12?,16-/m0/s1. The number of carboxylic acids is 1.